The van der Waals surface area contributed by atoms with Crippen molar-refractivity contribution in [3.8, 4) is 0 Å². The normalized spacial score (nSPS) is 11.1. The Morgan fingerprint density at radius 2 is 1.76 bits per heavy atom. The van der Waals surface area contributed by atoms with Crippen molar-refractivity contribution in [3.05, 3.63) is 48.5 Å². The maximum atomic E-state index is 11.8. The molecular weight excluding hydrogens is 292 g/mol. The van der Waals surface area contributed by atoms with Crippen LogP contribution in [0.4, 0.5) is 5.69 Å². The fraction of sp³-hybridized carbons (Fsp3) is 0.154. The van der Waals surface area contributed by atoms with Crippen LogP contribution in [0.1, 0.15) is 12.0 Å². The molecule has 1 heterocycles. The number of hydrogen-bond acceptors (Lipinski definition) is 5. The third kappa shape index (κ3) is 4.62. The van der Waals surface area contributed by atoms with Gasteiger partial charge in [0.05, 0.1) is 4.90 Å². The Hall–Kier alpha value is -2.32. The van der Waals surface area contributed by atoms with Gasteiger partial charge in [0.2, 0.25) is 15.9 Å². The second kappa shape index (κ2) is 6.42. The number of amides is 1. The Morgan fingerprint density at radius 3 is 2.33 bits per heavy atom. The van der Waals surface area contributed by atoms with Crippen molar-refractivity contribution < 1.29 is 13.2 Å². The number of aromatic nitrogens is 2. The lowest BCUT2D eigenvalue weighted by Crippen LogP contribution is -2.14. The summed E-state index contributed by atoms with van der Waals surface area (Å²) in [6.45, 7) is 0. The van der Waals surface area contributed by atoms with E-state index < -0.39 is 10.0 Å². The van der Waals surface area contributed by atoms with E-state index in [2.05, 4.69) is 15.3 Å². The first kappa shape index (κ1) is 15.1. The Kier molecular flexibility index (Phi) is 4.61. The molecule has 0 aliphatic heterocycles. The van der Waals surface area contributed by atoms with E-state index in [1.807, 2.05) is 0 Å². The minimum atomic E-state index is -3.72. The Morgan fingerprint density at radius 1 is 1.14 bits per heavy atom. The SMILES string of the molecule is NS(=O)(=O)c1ccc(NC(=O)CCc2cncnc2)cc1. The molecule has 1 aromatic carbocycles. The van der Waals surface area contributed by atoms with Crippen molar-refractivity contribution in [2.75, 3.05) is 5.32 Å². The summed E-state index contributed by atoms with van der Waals surface area (Å²) >= 11 is 0. The van der Waals surface area contributed by atoms with Crippen LogP contribution in [0.5, 0.6) is 0 Å². The average molecular weight is 306 g/mol. The van der Waals surface area contributed by atoms with Gasteiger partial charge in [-0.2, -0.15) is 0 Å². The fourth-order valence-corrected chi connectivity index (χ4v) is 2.18. The predicted molar refractivity (Wildman–Crippen MR) is 76.8 cm³/mol. The summed E-state index contributed by atoms with van der Waals surface area (Å²) in [6.07, 6.45) is 5.55. The van der Waals surface area contributed by atoms with Gasteiger partial charge in [0.15, 0.2) is 0 Å². The first-order chi connectivity index (χ1) is 9.95. The van der Waals surface area contributed by atoms with Crippen LogP contribution in [0.25, 0.3) is 0 Å². The first-order valence-corrected chi connectivity index (χ1v) is 7.66. The number of nitrogens with two attached hydrogens (primary N) is 1. The zero-order valence-electron chi connectivity index (χ0n) is 11.1. The van der Waals surface area contributed by atoms with Gasteiger partial charge in [-0.1, -0.05) is 0 Å². The summed E-state index contributed by atoms with van der Waals surface area (Å²) in [5, 5.41) is 7.67. The van der Waals surface area contributed by atoms with Crippen molar-refractivity contribution >= 4 is 21.6 Å². The summed E-state index contributed by atoms with van der Waals surface area (Å²) in [5.74, 6) is -0.179. The van der Waals surface area contributed by atoms with Crippen LogP contribution in [0.2, 0.25) is 0 Å². The standard InChI is InChI=1S/C13H14N4O3S/c14-21(19,20)12-4-2-11(3-5-12)17-13(18)6-1-10-7-15-9-16-8-10/h2-5,7-9H,1,6H2,(H,17,18)(H2,14,19,20). The molecule has 3 N–H and O–H groups in total. The second-order valence-corrected chi connectivity index (χ2v) is 5.93. The van der Waals surface area contributed by atoms with Gasteiger partial charge in [-0.05, 0) is 36.2 Å². The van der Waals surface area contributed by atoms with Crippen LogP contribution in [-0.2, 0) is 21.2 Å². The highest BCUT2D eigenvalue weighted by Gasteiger charge is 2.08. The van der Waals surface area contributed by atoms with Crippen LogP contribution in [0.15, 0.2) is 47.9 Å². The highest BCUT2D eigenvalue weighted by Crippen LogP contribution is 2.13. The minimum Gasteiger partial charge on any atom is -0.326 e. The van der Waals surface area contributed by atoms with Crippen molar-refractivity contribution in [2.24, 2.45) is 5.14 Å². The predicted octanol–water partition coefficient (Wildman–Crippen LogP) is 0.695. The van der Waals surface area contributed by atoms with E-state index in [0.29, 0.717) is 12.1 Å². The number of nitrogens with one attached hydrogen (secondary N) is 1. The van der Waals surface area contributed by atoms with Crippen LogP contribution in [-0.4, -0.2) is 24.3 Å². The van der Waals surface area contributed by atoms with E-state index in [9.17, 15) is 13.2 Å². The Bertz CT molecular complexity index is 715. The van der Waals surface area contributed by atoms with Crippen molar-refractivity contribution in [3.63, 3.8) is 0 Å². The van der Waals surface area contributed by atoms with Gasteiger partial charge in [-0.25, -0.2) is 23.5 Å². The Balaban J connectivity index is 1.91. The number of benzene rings is 1. The second-order valence-electron chi connectivity index (χ2n) is 4.36. The topological polar surface area (TPSA) is 115 Å². The van der Waals surface area contributed by atoms with Gasteiger partial charge in [0, 0.05) is 24.5 Å². The smallest absolute Gasteiger partial charge is 0.238 e. The molecule has 0 radical (unpaired) electrons. The molecule has 2 rings (SSSR count). The number of nitrogens with zero attached hydrogens (tertiary/aromatic N) is 2. The van der Waals surface area contributed by atoms with Gasteiger partial charge in [-0.15, -0.1) is 0 Å². The lowest BCUT2D eigenvalue weighted by molar-refractivity contribution is -0.116. The fourth-order valence-electron chi connectivity index (χ4n) is 1.67. The molecule has 0 bridgehead atoms. The van der Waals surface area contributed by atoms with E-state index in [0.717, 1.165) is 5.56 Å². The quantitative estimate of drug-likeness (QED) is 0.843. The van der Waals surface area contributed by atoms with Gasteiger partial charge < -0.3 is 5.32 Å². The molecule has 21 heavy (non-hydrogen) atoms. The molecule has 1 aromatic heterocycles. The van der Waals surface area contributed by atoms with Crippen LogP contribution in [0, 0.1) is 0 Å². The molecule has 7 nitrogen and oxygen atoms in total. The van der Waals surface area contributed by atoms with E-state index >= 15 is 0 Å². The van der Waals surface area contributed by atoms with E-state index in [4.69, 9.17) is 5.14 Å². The number of carbonyl (C=O) groups is 1. The maximum absolute atomic E-state index is 11.8. The lowest BCUT2D eigenvalue weighted by atomic mass is 10.2. The van der Waals surface area contributed by atoms with Gasteiger partial charge in [0.25, 0.3) is 0 Å². The van der Waals surface area contributed by atoms with E-state index in [1.165, 1.54) is 30.6 Å². The highest BCUT2D eigenvalue weighted by atomic mass is 32.2. The molecule has 0 fully saturated rings. The number of aryl methyl sites for hydroxylation is 1. The summed E-state index contributed by atoms with van der Waals surface area (Å²) in [7, 11) is -3.72. The molecule has 0 spiro atoms. The third-order valence-corrected chi connectivity index (χ3v) is 3.65. The number of anilines is 1. The Labute approximate surface area is 122 Å². The molecular formula is C13H14N4O3S. The zero-order valence-corrected chi connectivity index (χ0v) is 11.9. The number of rotatable bonds is 5. The summed E-state index contributed by atoms with van der Waals surface area (Å²) in [6, 6.07) is 5.67. The highest BCUT2D eigenvalue weighted by molar-refractivity contribution is 7.89. The van der Waals surface area contributed by atoms with Crippen LogP contribution >= 0.6 is 0 Å². The molecule has 0 aliphatic rings. The van der Waals surface area contributed by atoms with E-state index in [-0.39, 0.29) is 17.2 Å². The largest absolute Gasteiger partial charge is 0.326 e. The average Bonchev–Trinajstić information content (AvgIpc) is 2.46. The van der Waals surface area contributed by atoms with Crippen molar-refractivity contribution in [1.29, 1.82) is 0 Å². The summed E-state index contributed by atoms with van der Waals surface area (Å²) in [5.41, 5.74) is 1.38. The number of carbonyl (C=O) groups excluding carboxylic acids is 1. The maximum Gasteiger partial charge on any atom is 0.238 e. The first-order valence-electron chi connectivity index (χ1n) is 6.12. The van der Waals surface area contributed by atoms with Gasteiger partial charge in [-0.3, -0.25) is 4.79 Å². The minimum absolute atomic E-state index is 0.00179. The van der Waals surface area contributed by atoms with Crippen molar-refractivity contribution in [1.82, 2.24) is 9.97 Å². The molecule has 0 aliphatic carbocycles. The zero-order chi connectivity index (χ0) is 15.3. The molecule has 8 heteroatoms. The molecule has 0 saturated carbocycles. The van der Waals surface area contributed by atoms with Gasteiger partial charge >= 0.3 is 0 Å². The monoisotopic (exact) mass is 306 g/mol. The third-order valence-electron chi connectivity index (χ3n) is 2.72. The molecule has 1 amide bonds. The molecule has 0 saturated heterocycles. The van der Waals surface area contributed by atoms with Gasteiger partial charge in [0.1, 0.15) is 6.33 Å². The summed E-state index contributed by atoms with van der Waals surface area (Å²) in [4.78, 5) is 19.5. The van der Waals surface area contributed by atoms with Crippen LogP contribution in [0.3, 0.4) is 0 Å². The lowest BCUT2D eigenvalue weighted by Gasteiger charge is -2.06. The van der Waals surface area contributed by atoms with Crippen LogP contribution < -0.4 is 10.5 Å². The number of hydrogen-bond donors (Lipinski definition) is 2. The number of primary sulfonamides is 1. The molecule has 110 valence electrons. The van der Waals surface area contributed by atoms with E-state index in [1.54, 1.807) is 12.4 Å². The molecule has 2 aromatic rings. The molecule has 0 atom stereocenters. The number of sulfonamides is 1. The summed E-state index contributed by atoms with van der Waals surface area (Å²) < 4.78 is 22.2. The molecule has 0 unspecified atom stereocenters. The van der Waals surface area contributed by atoms with Crippen molar-refractivity contribution in [2.45, 2.75) is 17.7 Å².